The largest absolute Gasteiger partial charge is 0.291 e. The van der Waals surface area contributed by atoms with Crippen LogP contribution in [0.4, 0.5) is 0 Å². The fraction of sp³-hybridized carbons (Fsp3) is 0.526. The topological polar surface area (TPSA) is 53.5 Å². The molecule has 2 saturated heterocycles. The molecule has 1 aromatic carbocycles. The molecule has 0 radical (unpaired) electrons. The molecule has 130 valence electrons. The molecule has 2 amide bonds. The maximum absolute atomic E-state index is 12.6. The number of fused-ring (bicyclic) bond motifs is 1. The van der Waals surface area contributed by atoms with E-state index in [-0.39, 0.29) is 23.9 Å². The zero-order valence-electron chi connectivity index (χ0n) is 14.1. The minimum Gasteiger partial charge on any atom is -0.291 e. The van der Waals surface area contributed by atoms with Crippen LogP contribution in [0.2, 0.25) is 0 Å². The van der Waals surface area contributed by atoms with Crippen LogP contribution >= 0.6 is 11.3 Å². The Labute approximate surface area is 150 Å². The van der Waals surface area contributed by atoms with E-state index in [1.807, 2.05) is 6.07 Å². The number of thiazole rings is 1. The highest BCUT2D eigenvalue weighted by molar-refractivity contribution is 7.18. The highest BCUT2D eigenvalue weighted by Gasteiger charge is 2.48. The lowest BCUT2D eigenvalue weighted by Gasteiger charge is -2.34. The molecule has 1 unspecified atom stereocenters. The van der Waals surface area contributed by atoms with E-state index in [9.17, 15) is 9.59 Å². The lowest BCUT2D eigenvalue weighted by Crippen LogP contribution is -2.45. The van der Waals surface area contributed by atoms with Crippen molar-refractivity contribution in [1.82, 2.24) is 14.8 Å². The molecule has 2 aromatic rings. The number of carbonyl (C=O) groups is 2. The fourth-order valence-corrected chi connectivity index (χ4v) is 5.30. The third-order valence-corrected chi connectivity index (χ3v) is 6.90. The van der Waals surface area contributed by atoms with Gasteiger partial charge >= 0.3 is 0 Å². The standard InChI is InChI=1S/C19H21N3O2S/c23-17-11-15(19(24)22(17)13-5-6-13)21-9-7-12(8-10-21)18-20-14-3-1-2-4-16(14)25-18/h1-4,12-13,15H,5-11H2. The van der Waals surface area contributed by atoms with Gasteiger partial charge in [-0.05, 0) is 50.9 Å². The Morgan fingerprint density at radius 3 is 2.52 bits per heavy atom. The molecule has 2 aliphatic heterocycles. The summed E-state index contributed by atoms with van der Waals surface area (Å²) < 4.78 is 1.25. The quantitative estimate of drug-likeness (QED) is 0.795. The molecule has 0 spiro atoms. The number of para-hydroxylation sites is 1. The fourth-order valence-electron chi connectivity index (χ4n) is 4.16. The number of rotatable bonds is 3. The van der Waals surface area contributed by atoms with Crippen molar-refractivity contribution in [1.29, 1.82) is 0 Å². The molecule has 1 atom stereocenters. The number of nitrogens with zero attached hydrogens (tertiary/aromatic N) is 3. The molecule has 1 aliphatic carbocycles. The van der Waals surface area contributed by atoms with Gasteiger partial charge in [-0.3, -0.25) is 19.4 Å². The summed E-state index contributed by atoms with van der Waals surface area (Å²) in [5, 5.41) is 1.22. The zero-order valence-corrected chi connectivity index (χ0v) is 14.9. The van der Waals surface area contributed by atoms with Crippen molar-refractivity contribution < 1.29 is 9.59 Å². The van der Waals surface area contributed by atoms with Gasteiger partial charge in [0, 0.05) is 12.0 Å². The van der Waals surface area contributed by atoms with Crippen molar-refractivity contribution in [2.45, 2.75) is 50.1 Å². The summed E-state index contributed by atoms with van der Waals surface area (Å²) in [7, 11) is 0. The number of imide groups is 1. The molecule has 1 saturated carbocycles. The summed E-state index contributed by atoms with van der Waals surface area (Å²) >= 11 is 1.79. The zero-order chi connectivity index (χ0) is 17.0. The first-order valence-corrected chi connectivity index (χ1v) is 9.98. The van der Waals surface area contributed by atoms with Gasteiger partial charge in [0.1, 0.15) is 0 Å². The Kier molecular flexibility index (Phi) is 3.64. The smallest absolute Gasteiger partial charge is 0.247 e. The van der Waals surface area contributed by atoms with E-state index in [0.717, 1.165) is 44.3 Å². The van der Waals surface area contributed by atoms with E-state index in [1.54, 1.807) is 16.2 Å². The van der Waals surface area contributed by atoms with Gasteiger partial charge < -0.3 is 0 Å². The molecule has 5 nitrogen and oxygen atoms in total. The summed E-state index contributed by atoms with van der Waals surface area (Å²) in [6.45, 7) is 1.76. The minimum atomic E-state index is -0.218. The molecule has 0 N–H and O–H groups in total. The second-order valence-corrected chi connectivity index (χ2v) is 8.45. The molecule has 3 aliphatic rings. The monoisotopic (exact) mass is 355 g/mol. The molecule has 6 heteroatoms. The summed E-state index contributed by atoms with van der Waals surface area (Å²) in [5.41, 5.74) is 1.08. The third-order valence-electron chi connectivity index (χ3n) is 5.70. The lowest BCUT2D eigenvalue weighted by atomic mass is 9.96. The van der Waals surface area contributed by atoms with Crippen LogP contribution in [0.25, 0.3) is 10.2 Å². The van der Waals surface area contributed by atoms with E-state index in [2.05, 4.69) is 23.1 Å². The van der Waals surface area contributed by atoms with Crippen LogP contribution in [0, 0.1) is 0 Å². The molecule has 25 heavy (non-hydrogen) atoms. The van der Waals surface area contributed by atoms with Crippen LogP contribution in [0.1, 0.15) is 43.0 Å². The second kappa shape index (κ2) is 5.88. The predicted molar refractivity (Wildman–Crippen MR) is 96.4 cm³/mol. The number of benzene rings is 1. The average molecular weight is 355 g/mol. The van der Waals surface area contributed by atoms with Crippen molar-refractivity contribution in [3.63, 3.8) is 0 Å². The van der Waals surface area contributed by atoms with Gasteiger partial charge in [0.05, 0.1) is 27.7 Å². The first-order chi connectivity index (χ1) is 12.2. The number of likely N-dealkylation sites (tertiary alicyclic amines) is 2. The second-order valence-electron chi connectivity index (χ2n) is 7.38. The molecule has 1 aromatic heterocycles. The van der Waals surface area contributed by atoms with Crippen molar-refractivity contribution in [3.05, 3.63) is 29.3 Å². The maximum atomic E-state index is 12.6. The lowest BCUT2D eigenvalue weighted by molar-refractivity contribution is -0.140. The number of amides is 2. The average Bonchev–Trinajstić information content (AvgIpc) is 3.28. The maximum Gasteiger partial charge on any atom is 0.247 e. The van der Waals surface area contributed by atoms with Gasteiger partial charge in [0.2, 0.25) is 11.8 Å². The van der Waals surface area contributed by atoms with E-state index in [0.29, 0.717) is 12.3 Å². The van der Waals surface area contributed by atoms with Crippen LogP contribution in [-0.4, -0.2) is 51.8 Å². The van der Waals surface area contributed by atoms with E-state index >= 15 is 0 Å². The normalized spacial score (nSPS) is 26.1. The van der Waals surface area contributed by atoms with Crippen LogP contribution in [-0.2, 0) is 9.59 Å². The van der Waals surface area contributed by atoms with Gasteiger partial charge in [-0.1, -0.05) is 12.1 Å². The SMILES string of the molecule is O=C1CC(N2CCC(c3nc4ccccc4s3)CC2)C(=O)N1C1CC1. The Morgan fingerprint density at radius 1 is 1.04 bits per heavy atom. The molecule has 5 rings (SSSR count). The van der Waals surface area contributed by atoms with Gasteiger partial charge in [-0.25, -0.2) is 4.98 Å². The van der Waals surface area contributed by atoms with Gasteiger partial charge in [0.15, 0.2) is 0 Å². The molecular weight excluding hydrogens is 334 g/mol. The predicted octanol–water partition coefficient (Wildman–Crippen LogP) is 2.77. The highest BCUT2D eigenvalue weighted by atomic mass is 32.1. The number of aromatic nitrogens is 1. The van der Waals surface area contributed by atoms with Crippen LogP contribution < -0.4 is 0 Å². The summed E-state index contributed by atoms with van der Waals surface area (Å²) in [6.07, 6.45) is 4.39. The van der Waals surface area contributed by atoms with Gasteiger partial charge in [0.25, 0.3) is 0 Å². The number of piperidine rings is 1. The molecule has 3 heterocycles. The Balaban J connectivity index is 1.27. The van der Waals surface area contributed by atoms with E-state index in [4.69, 9.17) is 4.98 Å². The van der Waals surface area contributed by atoms with Crippen LogP contribution in [0.15, 0.2) is 24.3 Å². The van der Waals surface area contributed by atoms with E-state index in [1.165, 1.54) is 9.71 Å². The van der Waals surface area contributed by atoms with Crippen LogP contribution in [0.5, 0.6) is 0 Å². The first kappa shape index (κ1) is 15.5. The van der Waals surface area contributed by atoms with Gasteiger partial charge in [-0.15, -0.1) is 11.3 Å². The number of hydrogen-bond donors (Lipinski definition) is 0. The Hall–Kier alpha value is -1.79. The van der Waals surface area contributed by atoms with Gasteiger partial charge in [-0.2, -0.15) is 0 Å². The highest BCUT2D eigenvalue weighted by Crippen LogP contribution is 2.37. The van der Waals surface area contributed by atoms with Crippen molar-refractivity contribution in [2.24, 2.45) is 0 Å². The molecule has 3 fully saturated rings. The Bertz CT molecular complexity index is 803. The number of carbonyl (C=O) groups excluding carboxylic acids is 2. The van der Waals surface area contributed by atoms with Crippen molar-refractivity contribution in [3.8, 4) is 0 Å². The molecular formula is C19H21N3O2S. The minimum absolute atomic E-state index is 0.0331. The molecule has 0 bridgehead atoms. The number of hydrogen-bond acceptors (Lipinski definition) is 5. The van der Waals surface area contributed by atoms with Crippen molar-refractivity contribution >= 4 is 33.4 Å². The summed E-state index contributed by atoms with van der Waals surface area (Å²) in [5.74, 6) is 0.553. The van der Waals surface area contributed by atoms with Crippen LogP contribution in [0.3, 0.4) is 0 Å². The summed E-state index contributed by atoms with van der Waals surface area (Å²) in [6, 6.07) is 8.26. The summed E-state index contributed by atoms with van der Waals surface area (Å²) in [4.78, 5) is 33.4. The Morgan fingerprint density at radius 2 is 1.80 bits per heavy atom. The third kappa shape index (κ3) is 2.68. The first-order valence-electron chi connectivity index (χ1n) is 9.16. The van der Waals surface area contributed by atoms with E-state index < -0.39 is 0 Å². The van der Waals surface area contributed by atoms with Crippen molar-refractivity contribution in [2.75, 3.05) is 13.1 Å².